The van der Waals surface area contributed by atoms with Gasteiger partial charge in [0, 0.05) is 17.0 Å². The number of aromatic nitrogens is 2. The highest BCUT2D eigenvalue weighted by Crippen LogP contribution is 2.21. The lowest BCUT2D eigenvalue weighted by molar-refractivity contribution is 0.385. The van der Waals surface area contributed by atoms with E-state index in [1.807, 2.05) is 19.1 Å². The van der Waals surface area contributed by atoms with Gasteiger partial charge in [-0.1, -0.05) is 30.0 Å². The molecule has 110 valence electrons. The summed E-state index contributed by atoms with van der Waals surface area (Å²) in [4.78, 5) is 18.0. The second kappa shape index (κ2) is 6.21. The van der Waals surface area contributed by atoms with E-state index in [9.17, 15) is 4.79 Å². The van der Waals surface area contributed by atoms with Crippen LogP contribution in [0.25, 0.3) is 0 Å². The number of nitrogens with one attached hydrogen (secondary N) is 1. The van der Waals surface area contributed by atoms with Gasteiger partial charge < -0.3 is 5.73 Å². The third-order valence-electron chi connectivity index (χ3n) is 3.09. The minimum absolute atomic E-state index is 0.246. The molecule has 0 fully saturated rings. The summed E-state index contributed by atoms with van der Waals surface area (Å²) < 4.78 is 4.54. The largest absolute Gasteiger partial charge is 0.439 e. The summed E-state index contributed by atoms with van der Waals surface area (Å²) in [5.74, 6) is -0.388. The van der Waals surface area contributed by atoms with Crippen molar-refractivity contribution in [2.75, 3.05) is 0 Å². The molecule has 2 rings (SSSR count). The van der Waals surface area contributed by atoms with Gasteiger partial charge in [-0.15, -0.1) is 0 Å². The van der Waals surface area contributed by atoms with Crippen LogP contribution in [0.4, 0.5) is 0 Å². The lowest BCUT2D eigenvalue weighted by atomic mass is 9.97. The van der Waals surface area contributed by atoms with E-state index in [-0.39, 0.29) is 5.82 Å². The van der Waals surface area contributed by atoms with E-state index >= 15 is 0 Å². The number of H-pyrrole nitrogens is 1. The van der Waals surface area contributed by atoms with Crippen molar-refractivity contribution in [3.63, 3.8) is 0 Å². The number of aliphatic imine (C=N–C) groups is 1. The second-order valence-corrected chi connectivity index (χ2v) is 4.84. The van der Waals surface area contributed by atoms with E-state index < -0.39 is 5.76 Å². The summed E-state index contributed by atoms with van der Waals surface area (Å²) in [6.07, 6.45) is 7.87. The molecule has 1 aliphatic rings. The zero-order chi connectivity index (χ0) is 15.4. The molecular weight excluding hydrogens is 268 g/mol. The Morgan fingerprint density at radius 2 is 2.29 bits per heavy atom. The molecule has 0 aliphatic heterocycles. The van der Waals surface area contributed by atoms with Crippen LogP contribution in [0.3, 0.4) is 0 Å². The van der Waals surface area contributed by atoms with Gasteiger partial charge in [-0.05, 0) is 32.3 Å². The standard InChI is InChI=1S/C15H18N4O2/c1-9(2)17-13(14-18-15(20)21-19-14)10(3)12(16)11-7-5-4-6-8-11/h4-5,7H,1,6,8,16H2,2-3H3,(H,18,19,20)/b12-10-,17-13?. The number of nitrogens with two attached hydrogens (primary N) is 1. The van der Waals surface area contributed by atoms with Crippen molar-refractivity contribution in [1.82, 2.24) is 10.1 Å². The van der Waals surface area contributed by atoms with Gasteiger partial charge in [-0.25, -0.2) is 9.79 Å². The molecule has 0 saturated heterocycles. The van der Waals surface area contributed by atoms with E-state index in [0.717, 1.165) is 24.0 Å². The van der Waals surface area contributed by atoms with Gasteiger partial charge in [0.15, 0.2) is 0 Å². The van der Waals surface area contributed by atoms with Gasteiger partial charge in [0.25, 0.3) is 0 Å². The van der Waals surface area contributed by atoms with Crippen molar-refractivity contribution >= 4 is 5.71 Å². The number of rotatable bonds is 4. The molecule has 21 heavy (non-hydrogen) atoms. The molecule has 3 N–H and O–H groups in total. The molecule has 0 aromatic carbocycles. The second-order valence-electron chi connectivity index (χ2n) is 4.84. The van der Waals surface area contributed by atoms with E-state index in [4.69, 9.17) is 5.73 Å². The Kier molecular flexibility index (Phi) is 4.37. The topological polar surface area (TPSA) is 97.3 Å². The molecular formula is C15H18N4O2. The highest BCUT2D eigenvalue weighted by atomic mass is 16.5. The summed E-state index contributed by atoms with van der Waals surface area (Å²) in [5, 5.41) is 3.68. The van der Waals surface area contributed by atoms with Gasteiger partial charge in [0.2, 0.25) is 5.82 Å². The van der Waals surface area contributed by atoms with Crippen LogP contribution in [0.15, 0.2) is 61.7 Å². The third-order valence-corrected chi connectivity index (χ3v) is 3.09. The molecule has 0 amide bonds. The lowest BCUT2D eigenvalue weighted by Crippen LogP contribution is -2.15. The number of allylic oxidation sites excluding steroid dienone is 6. The molecule has 1 aromatic rings. The predicted octanol–water partition coefficient (Wildman–Crippen LogP) is 2.19. The van der Waals surface area contributed by atoms with E-state index in [1.165, 1.54) is 0 Å². The summed E-state index contributed by atoms with van der Waals surface area (Å²) in [6, 6.07) is 0. The van der Waals surface area contributed by atoms with Crippen molar-refractivity contribution in [3.8, 4) is 0 Å². The van der Waals surface area contributed by atoms with Crippen molar-refractivity contribution in [1.29, 1.82) is 0 Å². The van der Waals surface area contributed by atoms with Crippen LogP contribution in [0.2, 0.25) is 0 Å². The van der Waals surface area contributed by atoms with Gasteiger partial charge in [-0.3, -0.25) is 9.51 Å². The fourth-order valence-corrected chi connectivity index (χ4v) is 2.03. The highest BCUT2D eigenvalue weighted by molar-refractivity contribution is 6.11. The Morgan fingerprint density at radius 3 is 2.81 bits per heavy atom. The summed E-state index contributed by atoms with van der Waals surface area (Å²) >= 11 is 0. The zero-order valence-corrected chi connectivity index (χ0v) is 12.1. The third kappa shape index (κ3) is 3.47. The summed E-state index contributed by atoms with van der Waals surface area (Å²) in [6.45, 7) is 7.35. The van der Waals surface area contributed by atoms with Gasteiger partial charge in [-0.2, -0.15) is 0 Å². The molecule has 6 heteroatoms. The Labute approximate surface area is 122 Å². The lowest BCUT2D eigenvalue weighted by Gasteiger charge is -2.13. The Bertz CT molecular complexity index is 729. The molecule has 0 bridgehead atoms. The molecule has 1 aromatic heterocycles. The Balaban J connectivity index is 2.50. The molecule has 1 aliphatic carbocycles. The summed E-state index contributed by atoms with van der Waals surface area (Å²) in [5.41, 5.74) is 9.66. The van der Waals surface area contributed by atoms with Crippen LogP contribution in [0.5, 0.6) is 0 Å². The highest BCUT2D eigenvalue weighted by Gasteiger charge is 2.16. The smallest absolute Gasteiger partial charge is 0.398 e. The molecule has 6 nitrogen and oxygen atoms in total. The maximum atomic E-state index is 11.1. The van der Waals surface area contributed by atoms with E-state index in [0.29, 0.717) is 17.1 Å². The van der Waals surface area contributed by atoms with Crippen molar-refractivity contribution in [2.24, 2.45) is 10.7 Å². The Hall–Kier alpha value is -2.63. The maximum Gasteiger partial charge on any atom is 0.439 e. The normalized spacial score (nSPS) is 16.5. The van der Waals surface area contributed by atoms with E-state index in [1.54, 1.807) is 6.92 Å². The van der Waals surface area contributed by atoms with Crippen LogP contribution in [-0.4, -0.2) is 15.9 Å². The fourth-order valence-electron chi connectivity index (χ4n) is 2.03. The quantitative estimate of drug-likeness (QED) is 0.829. The van der Waals surface area contributed by atoms with Crippen LogP contribution in [0.1, 0.15) is 32.5 Å². The zero-order valence-electron chi connectivity index (χ0n) is 12.1. The van der Waals surface area contributed by atoms with E-state index in [2.05, 4.69) is 32.3 Å². The minimum Gasteiger partial charge on any atom is -0.398 e. The Morgan fingerprint density at radius 1 is 1.52 bits per heavy atom. The van der Waals surface area contributed by atoms with Crippen molar-refractivity contribution in [3.05, 3.63) is 63.7 Å². The molecule has 0 spiro atoms. The number of hydrogen-bond donors (Lipinski definition) is 2. The molecule has 0 radical (unpaired) electrons. The molecule has 0 saturated carbocycles. The van der Waals surface area contributed by atoms with Gasteiger partial charge >= 0.3 is 5.76 Å². The monoisotopic (exact) mass is 286 g/mol. The van der Waals surface area contributed by atoms with Crippen molar-refractivity contribution < 1.29 is 4.52 Å². The number of nitrogens with zero attached hydrogens (tertiary/aromatic N) is 2. The average Bonchev–Trinajstić information content (AvgIpc) is 2.90. The number of hydrogen-bond acceptors (Lipinski definition) is 5. The average molecular weight is 286 g/mol. The molecule has 0 unspecified atom stereocenters. The SMILES string of the molecule is C=C(C)N=C(/C(C)=C(\N)C1=CC=CCC1)c1noc(=O)[nH]1. The number of aromatic amines is 1. The maximum absolute atomic E-state index is 11.1. The minimum atomic E-state index is -0.634. The predicted molar refractivity (Wildman–Crippen MR) is 81.8 cm³/mol. The van der Waals surface area contributed by atoms with Crippen LogP contribution < -0.4 is 11.5 Å². The van der Waals surface area contributed by atoms with Gasteiger partial charge in [0.05, 0.1) is 0 Å². The molecule has 0 atom stereocenters. The van der Waals surface area contributed by atoms with Gasteiger partial charge in [0.1, 0.15) is 5.71 Å². The first-order valence-electron chi connectivity index (χ1n) is 6.62. The van der Waals surface area contributed by atoms with Crippen molar-refractivity contribution in [2.45, 2.75) is 26.7 Å². The molecule has 1 heterocycles. The summed E-state index contributed by atoms with van der Waals surface area (Å²) in [7, 11) is 0. The fraction of sp³-hybridized carbons (Fsp3) is 0.267. The van der Waals surface area contributed by atoms with Crippen LogP contribution >= 0.6 is 0 Å². The van der Waals surface area contributed by atoms with Crippen LogP contribution in [-0.2, 0) is 0 Å². The first-order chi connectivity index (χ1) is 9.99. The first kappa shape index (κ1) is 14.8. The first-order valence-corrected chi connectivity index (χ1v) is 6.62. The van der Waals surface area contributed by atoms with Crippen LogP contribution in [0, 0.1) is 0 Å².